The van der Waals surface area contributed by atoms with Crippen LogP contribution >= 0.6 is 0 Å². The molecule has 3 rings (SSSR count). The third-order valence-corrected chi connectivity index (χ3v) is 4.15. The molecule has 2 aromatic carbocycles. The predicted molar refractivity (Wildman–Crippen MR) is 104 cm³/mol. The van der Waals surface area contributed by atoms with Crippen LogP contribution in [0, 0.1) is 6.92 Å². The first-order valence-electron chi connectivity index (χ1n) is 8.48. The minimum absolute atomic E-state index is 0.156. The maximum Gasteiger partial charge on any atom is 0.276 e. The number of carbonyl (C=O) groups excluding carboxylic acids is 1. The van der Waals surface area contributed by atoms with Crippen LogP contribution in [-0.2, 0) is 6.54 Å². The third-order valence-electron chi connectivity index (χ3n) is 4.15. The van der Waals surface area contributed by atoms with Crippen molar-refractivity contribution in [1.82, 2.24) is 9.97 Å². The highest BCUT2D eigenvalue weighted by atomic mass is 16.2. The van der Waals surface area contributed by atoms with Gasteiger partial charge in [-0.15, -0.1) is 0 Å². The Hall–Kier alpha value is -3.21. The lowest BCUT2D eigenvalue weighted by Gasteiger charge is -2.21. The molecule has 0 spiro atoms. The highest BCUT2D eigenvalue weighted by Gasteiger charge is 2.17. The number of anilines is 2. The van der Waals surface area contributed by atoms with E-state index in [1.807, 2.05) is 60.5 Å². The molecule has 0 unspecified atom stereocenters. The van der Waals surface area contributed by atoms with Crippen molar-refractivity contribution in [2.24, 2.45) is 0 Å². The van der Waals surface area contributed by atoms with Gasteiger partial charge in [-0.25, -0.2) is 9.97 Å². The van der Waals surface area contributed by atoms with E-state index in [1.54, 1.807) is 24.9 Å². The van der Waals surface area contributed by atoms with Gasteiger partial charge in [-0.1, -0.05) is 48.5 Å². The van der Waals surface area contributed by atoms with Crippen LogP contribution in [-0.4, -0.2) is 30.0 Å². The molecule has 0 bridgehead atoms. The quantitative estimate of drug-likeness (QED) is 0.707. The molecule has 0 atom stereocenters. The second-order valence-electron chi connectivity index (χ2n) is 6.20. The first-order chi connectivity index (χ1) is 12.5. The van der Waals surface area contributed by atoms with Gasteiger partial charge in [0, 0.05) is 32.4 Å². The number of aromatic nitrogens is 2. The topological polar surface area (TPSA) is 49.3 Å². The summed E-state index contributed by atoms with van der Waals surface area (Å²) in [6, 6.07) is 21.4. The maximum atomic E-state index is 12.8. The van der Waals surface area contributed by atoms with Crippen molar-refractivity contribution in [1.29, 1.82) is 0 Å². The van der Waals surface area contributed by atoms with Gasteiger partial charge in [0.1, 0.15) is 17.3 Å². The van der Waals surface area contributed by atoms with Crippen LogP contribution < -0.4 is 9.80 Å². The van der Waals surface area contributed by atoms with Crippen LogP contribution in [0.1, 0.15) is 21.9 Å². The molecule has 0 fully saturated rings. The van der Waals surface area contributed by atoms with Crippen LogP contribution in [0.15, 0.2) is 66.7 Å². The highest BCUT2D eigenvalue weighted by Crippen LogP contribution is 2.18. The summed E-state index contributed by atoms with van der Waals surface area (Å²) >= 11 is 0. The molecule has 132 valence electrons. The first kappa shape index (κ1) is 17.6. The number of para-hydroxylation sites is 1. The summed E-state index contributed by atoms with van der Waals surface area (Å²) in [7, 11) is 3.71. The predicted octanol–water partition coefficient (Wildman–Crippen LogP) is 3.70. The molecule has 0 saturated carbocycles. The first-order valence-corrected chi connectivity index (χ1v) is 8.48. The van der Waals surface area contributed by atoms with Gasteiger partial charge in [-0.05, 0) is 24.6 Å². The number of benzene rings is 2. The Morgan fingerprint density at radius 1 is 0.923 bits per heavy atom. The van der Waals surface area contributed by atoms with Crippen LogP contribution in [0.5, 0.6) is 0 Å². The average molecular weight is 346 g/mol. The zero-order valence-corrected chi connectivity index (χ0v) is 15.3. The maximum absolute atomic E-state index is 12.8. The standard InChI is InChI=1S/C21H22N4O/c1-16-22-19(21(26)25(3)18-12-8-5-9-13-18)14-20(23-16)24(2)15-17-10-6-4-7-11-17/h4-14H,15H2,1-3H3. The summed E-state index contributed by atoms with van der Waals surface area (Å²) in [5.41, 5.74) is 2.40. The Morgan fingerprint density at radius 2 is 1.54 bits per heavy atom. The molecule has 1 amide bonds. The molecular weight excluding hydrogens is 324 g/mol. The molecule has 0 aliphatic rings. The summed E-state index contributed by atoms with van der Waals surface area (Å²) in [6.45, 7) is 2.51. The number of aryl methyl sites for hydroxylation is 1. The second-order valence-corrected chi connectivity index (χ2v) is 6.20. The molecule has 0 aliphatic heterocycles. The van der Waals surface area contributed by atoms with Gasteiger partial charge in [0.2, 0.25) is 0 Å². The van der Waals surface area contributed by atoms with Gasteiger partial charge in [-0.3, -0.25) is 4.79 Å². The summed E-state index contributed by atoms with van der Waals surface area (Å²) < 4.78 is 0. The SMILES string of the molecule is Cc1nc(C(=O)N(C)c2ccccc2)cc(N(C)Cc2ccccc2)n1. The van der Waals surface area contributed by atoms with E-state index in [9.17, 15) is 4.79 Å². The number of rotatable bonds is 5. The van der Waals surface area contributed by atoms with E-state index in [0.717, 1.165) is 11.5 Å². The van der Waals surface area contributed by atoms with E-state index in [1.165, 1.54) is 5.56 Å². The van der Waals surface area contributed by atoms with E-state index in [0.29, 0.717) is 18.1 Å². The lowest BCUT2D eigenvalue weighted by Crippen LogP contribution is -2.28. The average Bonchev–Trinajstić information content (AvgIpc) is 2.67. The minimum Gasteiger partial charge on any atom is -0.355 e. The molecule has 0 saturated heterocycles. The van der Waals surface area contributed by atoms with Gasteiger partial charge < -0.3 is 9.80 Å². The van der Waals surface area contributed by atoms with E-state index in [4.69, 9.17) is 0 Å². The lowest BCUT2D eigenvalue weighted by atomic mass is 10.2. The molecule has 1 heterocycles. The van der Waals surface area contributed by atoms with Crippen molar-refractivity contribution in [3.8, 4) is 0 Å². The lowest BCUT2D eigenvalue weighted by molar-refractivity contribution is 0.0988. The number of nitrogens with zero attached hydrogens (tertiary/aromatic N) is 4. The summed E-state index contributed by atoms with van der Waals surface area (Å²) in [5.74, 6) is 1.15. The van der Waals surface area contributed by atoms with Crippen molar-refractivity contribution >= 4 is 17.4 Å². The fourth-order valence-electron chi connectivity index (χ4n) is 2.74. The number of hydrogen-bond acceptors (Lipinski definition) is 4. The zero-order chi connectivity index (χ0) is 18.5. The summed E-state index contributed by atoms with van der Waals surface area (Å²) in [6.07, 6.45) is 0. The highest BCUT2D eigenvalue weighted by molar-refractivity contribution is 6.04. The van der Waals surface area contributed by atoms with Crippen molar-refractivity contribution in [3.05, 3.63) is 83.8 Å². The molecule has 5 nitrogen and oxygen atoms in total. The molecule has 5 heteroatoms. The largest absolute Gasteiger partial charge is 0.355 e. The molecule has 0 N–H and O–H groups in total. The monoisotopic (exact) mass is 346 g/mol. The van der Waals surface area contributed by atoms with Gasteiger partial charge in [0.15, 0.2) is 0 Å². The Labute approximate surface area is 153 Å². The second kappa shape index (κ2) is 7.78. The van der Waals surface area contributed by atoms with Crippen molar-refractivity contribution in [3.63, 3.8) is 0 Å². The van der Waals surface area contributed by atoms with Crippen molar-refractivity contribution < 1.29 is 4.79 Å². The normalized spacial score (nSPS) is 10.4. The van der Waals surface area contributed by atoms with Gasteiger partial charge in [0.25, 0.3) is 5.91 Å². The van der Waals surface area contributed by atoms with E-state index < -0.39 is 0 Å². The Kier molecular flexibility index (Phi) is 5.27. The molecule has 3 aromatic rings. The fourth-order valence-corrected chi connectivity index (χ4v) is 2.74. The Bertz CT molecular complexity index is 881. The summed E-state index contributed by atoms with van der Waals surface area (Å²) in [4.78, 5) is 25.3. The van der Waals surface area contributed by atoms with E-state index in [2.05, 4.69) is 22.1 Å². The molecular formula is C21H22N4O. The van der Waals surface area contributed by atoms with Crippen LogP contribution in [0.3, 0.4) is 0 Å². The number of carbonyl (C=O) groups is 1. The number of hydrogen-bond donors (Lipinski definition) is 0. The molecule has 0 radical (unpaired) electrons. The number of amides is 1. The van der Waals surface area contributed by atoms with Crippen LogP contribution in [0.4, 0.5) is 11.5 Å². The molecule has 0 aliphatic carbocycles. The molecule has 26 heavy (non-hydrogen) atoms. The van der Waals surface area contributed by atoms with Gasteiger partial charge in [-0.2, -0.15) is 0 Å². The third kappa shape index (κ3) is 4.06. The van der Waals surface area contributed by atoms with Crippen LogP contribution in [0.2, 0.25) is 0 Å². The Balaban J connectivity index is 1.84. The van der Waals surface area contributed by atoms with Crippen molar-refractivity contribution in [2.75, 3.05) is 23.9 Å². The van der Waals surface area contributed by atoms with E-state index in [-0.39, 0.29) is 5.91 Å². The molecule has 1 aromatic heterocycles. The Morgan fingerprint density at radius 3 is 2.19 bits per heavy atom. The van der Waals surface area contributed by atoms with E-state index >= 15 is 0 Å². The smallest absolute Gasteiger partial charge is 0.276 e. The zero-order valence-electron chi connectivity index (χ0n) is 15.3. The van der Waals surface area contributed by atoms with Crippen molar-refractivity contribution in [2.45, 2.75) is 13.5 Å². The minimum atomic E-state index is -0.156. The van der Waals surface area contributed by atoms with Gasteiger partial charge >= 0.3 is 0 Å². The van der Waals surface area contributed by atoms with Gasteiger partial charge in [0.05, 0.1) is 0 Å². The van der Waals surface area contributed by atoms with Crippen LogP contribution in [0.25, 0.3) is 0 Å². The summed E-state index contributed by atoms with van der Waals surface area (Å²) in [5, 5.41) is 0. The fraction of sp³-hybridized carbons (Fsp3) is 0.190.